The molecule has 0 unspecified atom stereocenters. The fourth-order valence-electron chi connectivity index (χ4n) is 4.17. The first-order valence-corrected chi connectivity index (χ1v) is 11.2. The van der Waals surface area contributed by atoms with Crippen molar-refractivity contribution in [3.05, 3.63) is 118 Å². The first kappa shape index (κ1) is 27.0. The maximum absolute atomic E-state index is 15.0. The Kier molecular flexibility index (Phi) is 6.86. The van der Waals surface area contributed by atoms with Crippen molar-refractivity contribution in [2.45, 2.75) is 6.61 Å². The number of halogens is 10. The zero-order valence-electron chi connectivity index (χ0n) is 19.5. The molecule has 0 atom stereocenters. The van der Waals surface area contributed by atoms with Gasteiger partial charge < -0.3 is 4.74 Å². The summed E-state index contributed by atoms with van der Waals surface area (Å²) in [6.45, 7) is -0.337. The van der Waals surface area contributed by atoms with Crippen LogP contribution < -0.4 is 4.74 Å². The van der Waals surface area contributed by atoms with Gasteiger partial charge in [0.15, 0.2) is 52.3 Å². The van der Waals surface area contributed by atoms with Crippen molar-refractivity contribution >= 4 is 10.9 Å². The zero-order valence-corrected chi connectivity index (χ0v) is 19.5. The van der Waals surface area contributed by atoms with Gasteiger partial charge in [0.25, 0.3) is 0 Å². The van der Waals surface area contributed by atoms with E-state index in [0.717, 1.165) is 12.3 Å². The van der Waals surface area contributed by atoms with Crippen LogP contribution in [0.1, 0.15) is 5.56 Å². The van der Waals surface area contributed by atoms with E-state index >= 15 is 0 Å². The fraction of sp³-hybridized carbons (Fsp3) is 0.0357. The number of fused-ring (bicyclic) bond motifs is 1. The van der Waals surface area contributed by atoms with Crippen molar-refractivity contribution in [3.8, 4) is 28.0 Å². The predicted molar refractivity (Wildman–Crippen MR) is 123 cm³/mol. The molecule has 5 aromatic rings. The monoisotopic (exact) mass is 567 g/mol. The van der Waals surface area contributed by atoms with Crippen LogP contribution in [0.25, 0.3) is 33.2 Å². The predicted octanol–water partition coefficient (Wildman–Crippen LogP) is 8.54. The van der Waals surface area contributed by atoms with Gasteiger partial charge in [0.05, 0.1) is 11.1 Å². The van der Waals surface area contributed by atoms with E-state index in [9.17, 15) is 43.9 Å². The average Bonchev–Trinajstić information content (AvgIpc) is 2.97. The van der Waals surface area contributed by atoms with Gasteiger partial charge in [-0.15, -0.1) is 0 Å². The number of nitrogens with zero attached hydrogens (tertiary/aromatic N) is 1. The molecule has 1 aromatic heterocycles. The topological polar surface area (TPSA) is 22.1 Å². The van der Waals surface area contributed by atoms with Gasteiger partial charge in [-0.2, -0.15) is 0 Å². The Bertz CT molecular complexity index is 1750. The highest BCUT2D eigenvalue weighted by atomic mass is 19.2. The average molecular weight is 567 g/mol. The highest BCUT2D eigenvalue weighted by Gasteiger charge is 2.33. The summed E-state index contributed by atoms with van der Waals surface area (Å²) >= 11 is 0. The minimum atomic E-state index is -2.48. The molecule has 0 N–H and O–H groups in total. The maximum atomic E-state index is 15.0. The highest BCUT2D eigenvalue weighted by Crippen LogP contribution is 2.46. The Morgan fingerprint density at radius 3 is 1.52 bits per heavy atom. The van der Waals surface area contributed by atoms with Gasteiger partial charge in [0.2, 0.25) is 11.6 Å². The third-order valence-corrected chi connectivity index (χ3v) is 6.03. The molecule has 0 bridgehead atoms. The SMILES string of the molecule is Fc1c(F)c(F)c(-c2cc(-c3c(F)c(F)c(F)c(F)c3F)c3cccnc3c2OCc2ccccc2)c(F)c1F. The van der Waals surface area contributed by atoms with E-state index in [4.69, 9.17) is 4.74 Å². The van der Waals surface area contributed by atoms with E-state index in [0.29, 0.717) is 11.6 Å². The van der Waals surface area contributed by atoms with Crippen molar-refractivity contribution in [1.82, 2.24) is 4.98 Å². The van der Waals surface area contributed by atoms with Crippen LogP contribution in [0, 0.1) is 58.2 Å². The van der Waals surface area contributed by atoms with E-state index in [1.165, 1.54) is 6.07 Å². The van der Waals surface area contributed by atoms with Gasteiger partial charge in [-0.1, -0.05) is 36.4 Å². The summed E-state index contributed by atoms with van der Waals surface area (Å²) in [6.07, 6.45) is 1.10. The largest absolute Gasteiger partial charge is 0.486 e. The van der Waals surface area contributed by atoms with Gasteiger partial charge >= 0.3 is 0 Å². The van der Waals surface area contributed by atoms with Gasteiger partial charge in [-0.3, -0.25) is 4.98 Å². The summed E-state index contributed by atoms with van der Waals surface area (Å²) in [7, 11) is 0. The number of rotatable bonds is 5. The van der Waals surface area contributed by atoms with Crippen LogP contribution in [0.5, 0.6) is 5.75 Å². The lowest BCUT2D eigenvalue weighted by atomic mass is 9.92. The molecule has 4 aromatic carbocycles. The van der Waals surface area contributed by atoms with Crippen molar-refractivity contribution in [3.63, 3.8) is 0 Å². The lowest BCUT2D eigenvalue weighted by Crippen LogP contribution is -2.08. The van der Waals surface area contributed by atoms with Crippen LogP contribution in [0.2, 0.25) is 0 Å². The molecule has 0 fully saturated rings. The summed E-state index contributed by atoms with van der Waals surface area (Å²) in [6, 6.07) is 10.9. The molecular formula is C28H11F10NO. The first-order chi connectivity index (χ1) is 19.0. The molecule has 0 saturated heterocycles. The smallest absolute Gasteiger partial charge is 0.200 e. The van der Waals surface area contributed by atoms with E-state index in [2.05, 4.69) is 4.98 Å². The molecule has 0 aliphatic rings. The number of hydrogen-bond donors (Lipinski definition) is 0. The van der Waals surface area contributed by atoms with Crippen LogP contribution in [-0.2, 0) is 6.61 Å². The van der Waals surface area contributed by atoms with E-state index in [1.54, 1.807) is 30.3 Å². The Morgan fingerprint density at radius 1 is 0.525 bits per heavy atom. The number of hydrogen-bond acceptors (Lipinski definition) is 2. The normalized spacial score (nSPS) is 11.3. The number of ether oxygens (including phenoxy) is 1. The molecule has 12 heteroatoms. The maximum Gasteiger partial charge on any atom is 0.200 e. The third-order valence-electron chi connectivity index (χ3n) is 6.03. The minimum Gasteiger partial charge on any atom is -0.486 e. The van der Waals surface area contributed by atoms with Crippen LogP contribution in [0.3, 0.4) is 0 Å². The summed E-state index contributed by atoms with van der Waals surface area (Å²) < 4.78 is 150. The van der Waals surface area contributed by atoms with Crippen LogP contribution in [-0.4, -0.2) is 4.98 Å². The second-order valence-corrected chi connectivity index (χ2v) is 8.36. The van der Waals surface area contributed by atoms with Crippen LogP contribution >= 0.6 is 0 Å². The van der Waals surface area contributed by atoms with E-state index in [1.807, 2.05) is 0 Å². The summed E-state index contributed by atoms with van der Waals surface area (Å²) in [5.41, 5.74) is -4.83. The zero-order chi connectivity index (χ0) is 28.9. The molecule has 40 heavy (non-hydrogen) atoms. The van der Waals surface area contributed by atoms with Gasteiger partial charge in [-0.05, 0) is 23.3 Å². The van der Waals surface area contributed by atoms with Gasteiger partial charge in [0, 0.05) is 17.1 Å². The molecule has 0 aliphatic heterocycles. The second-order valence-electron chi connectivity index (χ2n) is 8.36. The molecule has 0 aliphatic carbocycles. The second kappa shape index (κ2) is 10.2. The van der Waals surface area contributed by atoms with Gasteiger partial charge in [-0.25, -0.2) is 43.9 Å². The molecule has 204 valence electrons. The minimum absolute atomic E-state index is 0.318. The van der Waals surface area contributed by atoms with Crippen molar-refractivity contribution in [2.75, 3.05) is 0 Å². The molecule has 5 rings (SSSR count). The highest BCUT2D eigenvalue weighted by molar-refractivity contribution is 6.03. The summed E-state index contributed by atoms with van der Waals surface area (Å²) in [5, 5.41) is -0.318. The lowest BCUT2D eigenvalue weighted by molar-refractivity contribution is 0.310. The number of aromatic nitrogens is 1. The van der Waals surface area contributed by atoms with Crippen molar-refractivity contribution < 1.29 is 48.6 Å². The van der Waals surface area contributed by atoms with Crippen LogP contribution in [0.15, 0.2) is 54.7 Å². The standard InChI is InChI=1S/C28H11F10NO/c29-17-15(18(30)22(34)25(37)21(17)33)13-9-14(16-19(31)23(35)26(38)24(36)20(16)32)28(27-12(13)7-4-8-39-27)40-10-11-5-2-1-3-6-11/h1-9H,10H2. The Balaban J connectivity index is 1.92. The molecular weight excluding hydrogens is 556 g/mol. The number of pyridine rings is 1. The fourth-order valence-corrected chi connectivity index (χ4v) is 4.17. The van der Waals surface area contributed by atoms with E-state index in [-0.39, 0.29) is 12.0 Å². The van der Waals surface area contributed by atoms with Crippen molar-refractivity contribution in [1.29, 1.82) is 0 Å². The molecule has 0 spiro atoms. The van der Waals surface area contributed by atoms with Crippen LogP contribution in [0.4, 0.5) is 43.9 Å². The summed E-state index contributed by atoms with van der Waals surface area (Å²) in [5.74, 6) is -24.2. The third kappa shape index (κ3) is 4.19. The molecule has 0 amide bonds. The van der Waals surface area contributed by atoms with Gasteiger partial charge in [0.1, 0.15) is 12.1 Å². The Morgan fingerprint density at radius 2 is 1.00 bits per heavy atom. The summed E-state index contributed by atoms with van der Waals surface area (Å²) in [4.78, 5) is 3.97. The quantitative estimate of drug-likeness (QED) is 0.121. The molecule has 2 nitrogen and oxygen atoms in total. The van der Waals surface area contributed by atoms with E-state index < -0.39 is 91.7 Å². The van der Waals surface area contributed by atoms with Crippen molar-refractivity contribution in [2.24, 2.45) is 0 Å². The Hall–Kier alpha value is -4.61. The molecule has 0 saturated carbocycles. The molecule has 0 radical (unpaired) electrons. The molecule has 1 heterocycles. The number of benzene rings is 4. The Labute approximate surface area is 218 Å². The lowest BCUT2D eigenvalue weighted by Gasteiger charge is -2.19. The first-order valence-electron chi connectivity index (χ1n) is 11.2.